The number of carboxylic acids is 1. The van der Waals surface area contributed by atoms with Crippen LogP contribution in [0.2, 0.25) is 25.1 Å². The quantitative estimate of drug-likeness (QED) is 0.536. The highest BCUT2D eigenvalue weighted by Gasteiger charge is 2.26. The van der Waals surface area contributed by atoms with E-state index in [-0.39, 0.29) is 37.1 Å². The molecule has 2 rings (SSSR count). The first-order chi connectivity index (χ1) is 10.3. The number of hydrogen-bond acceptors (Lipinski definition) is 2. The second-order valence-corrected chi connectivity index (χ2v) is 6.43. The van der Waals surface area contributed by atoms with Crippen LogP contribution < -0.4 is 5.11 Å². The molecule has 0 radical (unpaired) electrons. The van der Waals surface area contributed by atoms with Gasteiger partial charge in [-0.1, -0.05) is 88.3 Å². The maximum atomic E-state index is 11.6. The summed E-state index contributed by atoms with van der Waals surface area (Å²) in [5.41, 5.74) is 0.887. The van der Waals surface area contributed by atoms with Crippen LogP contribution in [-0.4, -0.2) is 5.97 Å². The summed E-state index contributed by atoms with van der Waals surface area (Å²) in [6.07, 6.45) is 0.136. The minimum Gasteiger partial charge on any atom is -0.549 e. The summed E-state index contributed by atoms with van der Waals surface area (Å²) < 4.78 is 0. The van der Waals surface area contributed by atoms with Crippen LogP contribution in [0.5, 0.6) is 0 Å². The minimum absolute atomic E-state index is 0.0149. The van der Waals surface area contributed by atoms with E-state index in [4.69, 9.17) is 58.0 Å². The Bertz CT molecular complexity index is 687. The first kappa shape index (κ1) is 17.7. The molecule has 2 nitrogen and oxygen atoms in total. The van der Waals surface area contributed by atoms with Crippen LogP contribution in [0.1, 0.15) is 17.0 Å². The zero-order chi connectivity index (χ0) is 16.4. The first-order valence-electron chi connectivity index (χ1n) is 6.10. The Kier molecular flexibility index (Phi) is 5.87. The normalized spacial score (nSPS) is 12.2. The summed E-state index contributed by atoms with van der Waals surface area (Å²) in [5, 5.41) is 11.4. The lowest BCUT2D eigenvalue weighted by molar-refractivity contribution is -0.308. The molecule has 2 aromatic rings. The molecule has 0 aliphatic rings. The van der Waals surface area contributed by atoms with Crippen LogP contribution in [0.3, 0.4) is 0 Å². The van der Waals surface area contributed by atoms with Crippen molar-refractivity contribution >= 4 is 64.0 Å². The Morgan fingerprint density at radius 2 is 1.32 bits per heavy atom. The van der Waals surface area contributed by atoms with Gasteiger partial charge < -0.3 is 9.90 Å². The van der Waals surface area contributed by atoms with E-state index in [9.17, 15) is 9.90 Å². The molecule has 22 heavy (non-hydrogen) atoms. The monoisotopic (exact) mass is 395 g/mol. The summed E-state index contributed by atoms with van der Waals surface area (Å²) >= 11 is 30.2. The standard InChI is InChI=1S/C15H9Cl5O2/c16-10-9(11(17)13(19)14(20)12(10)18)8(15(21)22)6-7-4-2-1-3-5-7/h1-5,8H,6H2,(H,21,22)/p-1. The van der Waals surface area contributed by atoms with Crippen molar-refractivity contribution in [3.05, 3.63) is 66.6 Å². The van der Waals surface area contributed by atoms with E-state index in [1.807, 2.05) is 6.07 Å². The van der Waals surface area contributed by atoms with Gasteiger partial charge in [0.1, 0.15) is 0 Å². The van der Waals surface area contributed by atoms with E-state index >= 15 is 0 Å². The van der Waals surface area contributed by atoms with Gasteiger partial charge in [0.25, 0.3) is 0 Å². The van der Waals surface area contributed by atoms with Gasteiger partial charge in [0.2, 0.25) is 0 Å². The molecule has 0 aromatic heterocycles. The molecular weight excluding hydrogens is 389 g/mol. The number of carbonyl (C=O) groups excluding carboxylic acids is 1. The minimum atomic E-state index is -1.33. The van der Waals surface area contributed by atoms with Gasteiger partial charge >= 0.3 is 0 Å². The maximum Gasteiger partial charge on any atom is 0.0809 e. The van der Waals surface area contributed by atoms with Gasteiger partial charge in [-0.05, 0) is 12.0 Å². The Morgan fingerprint density at radius 1 is 0.864 bits per heavy atom. The van der Waals surface area contributed by atoms with Crippen LogP contribution in [0.4, 0.5) is 0 Å². The van der Waals surface area contributed by atoms with Crippen LogP contribution in [0, 0.1) is 0 Å². The van der Waals surface area contributed by atoms with Gasteiger partial charge in [-0.15, -0.1) is 0 Å². The lowest BCUT2D eigenvalue weighted by atomic mass is 9.92. The van der Waals surface area contributed by atoms with E-state index in [0.29, 0.717) is 0 Å². The van der Waals surface area contributed by atoms with Crippen molar-refractivity contribution in [2.24, 2.45) is 0 Å². The molecule has 0 fully saturated rings. The highest BCUT2D eigenvalue weighted by Crippen LogP contribution is 2.47. The lowest BCUT2D eigenvalue weighted by Gasteiger charge is -2.23. The fourth-order valence-electron chi connectivity index (χ4n) is 2.08. The average molecular weight is 397 g/mol. The summed E-state index contributed by atoms with van der Waals surface area (Å²) in [7, 11) is 0. The van der Waals surface area contributed by atoms with Crippen molar-refractivity contribution in [2.45, 2.75) is 12.3 Å². The highest BCUT2D eigenvalue weighted by molar-refractivity contribution is 6.55. The van der Waals surface area contributed by atoms with E-state index in [1.54, 1.807) is 24.3 Å². The SMILES string of the molecule is O=C([O-])C(Cc1ccccc1)c1c(Cl)c(Cl)c(Cl)c(Cl)c1Cl. The molecule has 0 spiro atoms. The van der Waals surface area contributed by atoms with Gasteiger partial charge in [0.05, 0.1) is 25.1 Å². The summed E-state index contributed by atoms with van der Waals surface area (Å²) in [6, 6.07) is 9.00. The Labute approximate surface area is 152 Å². The molecule has 1 unspecified atom stereocenters. The number of hydrogen-bond donors (Lipinski definition) is 0. The molecule has 116 valence electrons. The predicted octanol–water partition coefficient (Wildman–Crippen LogP) is 5.03. The van der Waals surface area contributed by atoms with Crippen molar-refractivity contribution in [3.63, 3.8) is 0 Å². The highest BCUT2D eigenvalue weighted by atomic mass is 35.5. The Balaban J connectivity index is 2.57. The number of carboxylic acid groups (broad SMARTS) is 1. The third-order valence-corrected chi connectivity index (χ3v) is 5.47. The molecule has 0 amide bonds. The molecule has 7 heteroatoms. The fraction of sp³-hybridized carbons (Fsp3) is 0.133. The second kappa shape index (κ2) is 7.29. The van der Waals surface area contributed by atoms with Crippen LogP contribution in [0.15, 0.2) is 30.3 Å². The smallest absolute Gasteiger partial charge is 0.0809 e. The van der Waals surface area contributed by atoms with E-state index in [0.717, 1.165) is 5.56 Å². The predicted molar refractivity (Wildman–Crippen MR) is 89.4 cm³/mol. The number of aliphatic carboxylic acids is 1. The third kappa shape index (κ3) is 3.47. The van der Waals surface area contributed by atoms with Gasteiger partial charge in [-0.2, -0.15) is 0 Å². The molecular formula is C15H8Cl5O2-. The summed E-state index contributed by atoms with van der Waals surface area (Å²) in [6.45, 7) is 0. The lowest BCUT2D eigenvalue weighted by Crippen LogP contribution is -2.31. The largest absolute Gasteiger partial charge is 0.549 e. The van der Waals surface area contributed by atoms with Crippen LogP contribution >= 0.6 is 58.0 Å². The average Bonchev–Trinajstić information content (AvgIpc) is 2.51. The molecule has 1 atom stereocenters. The first-order valence-corrected chi connectivity index (χ1v) is 7.99. The number of rotatable bonds is 4. The van der Waals surface area contributed by atoms with Gasteiger partial charge in [0.15, 0.2) is 0 Å². The second-order valence-electron chi connectivity index (χ2n) is 4.54. The van der Waals surface area contributed by atoms with E-state index < -0.39 is 11.9 Å². The molecule has 0 aliphatic carbocycles. The van der Waals surface area contributed by atoms with E-state index in [2.05, 4.69) is 0 Å². The van der Waals surface area contributed by atoms with Crippen molar-refractivity contribution < 1.29 is 9.90 Å². The van der Waals surface area contributed by atoms with Crippen LogP contribution in [-0.2, 0) is 11.2 Å². The molecule has 0 saturated carbocycles. The maximum absolute atomic E-state index is 11.6. The number of carbonyl (C=O) groups is 1. The topological polar surface area (TPSA) is 40.1 Å². The van der Waals surface area contributed by atoms with Crippen LogP contribution in [0.25, 0.3) is 0 Å². The summed E-state index contributed by atoms with van der Waals surface area (Å²) in [5.74, 6) is -2.43. The van der Waals surface area contributed by atoms with Crippen molar-refractivity contribution in [2.75, 3.05) is 0 Å². The molecule has 0 heterocycles. The van der Waals surface area contributed by atoms with Gasteiger partial charge in [-0.25, -0.2) is 0 Å². The molecule has 0 bridgehead atoms. The van der Waals surface area contributed by atoms with Gasteiger partial charge in [-0.3, -0.25) is 0 Å². The fourth-order valence-corrected chi connectivity index (χ4v) is 3.50. The van der Waals surface area contributed by atoms with Gasteiger partial charge in [0, 0.05) is 17.5 Å². The Morgan fingerprint density at radius 3 is 1.77 bits per heavy atom. The van der Waals surface area contributed by atoms with Crippen molar-refractivity contribution in [1.29, 1.82) is 0 Å². The van der Waals surface area contributed by atoms with Crippen molar-refractivity contribution in [1.82, 2.24) is 0 Å². The Hall–Kier alpha value is -0.640. The molecule has 0 aliphatic heterocycles. The molecule has 2 aromatic carbocycles. The van der Waals surface area contributed by atoms with Crippen molar-refractivity contribution in [3.8, 4) is 0 Å². The van der Waals surface area contributed by atoms with E-state index in [1.165, 1.54) is 0 Å². The molecule has 0 N–H and O–H groups in total. The molecule has 0 saturated heterocycles. The zero-order valence-electron chi connectivity index (χ0n) is 10.9. The third-order valence-electron chi connectivity index (χ3n) is 3.16. The summed E-state index contributed by atoms with van der Waals surface area (Å²) in [4.78, 5) is 11.6. The zero-order valence-corrected chi connectivity index (χ0v) is 14.7. The number of halogens is 5. The number of benzene rings is 2.